The van der Waals surface area contributed by atoms with Crippen LogP contribution in [-0.2, 0) is 6.42 Å². The molecule has 1 aromatic heterocycles. The highest BCUT2D eigenvalue weighted by Crippen LogP contribution is 2.17. The molecular formula is C13H20N2S. The van der Waals surface area contributed by atoms with Crippen molar-refractivity contribution in [2.45, 2.75) is 39.7 Å². The van der Waals surface area contributed by atoms with Crippen molar-refractivity contribution in [3.05, 3.63) is 22.4 Å². The lowest BCUT2D eigenvalue weighted by atomic mass is 9.91. The van der Waals surface area contributed by atoms with Crippen LogP contribution in [0.3, 0.4) is 0 Å². The highest BCUT2D eigenvalue weighted by molar-refractivity contribution is 7.07. The van der Waals surface area contributed by atoms with Gasteiger partial charge in [0.25, 0.3) is 0 Å². The maximum atomic E-state index is 8.89. The molecule has 0 saturated carbocycles. The molecule has 0 spiro atoms. The van der Waals surface area contributed by atoms with E-state index in [1.54, 1.807) is 11.3 Å². The van der Waals surface area contributed by atoms with Crippen LogP contribution in [0, 0.1) is 16.7 Å². The van der Waals surface area contributed by atoms with Crippen LogP contribution in [0.2, 0.25) is 0 Å². The molecule has 1 heterocycles. The van der Waals surface area contributed by atoms with E-state index in [9.17, 15) is 0 Å². The topological polar surface area (TPSA) is 35.8 Å². The zero-order chi connectivity index (χ0) is 12.0. The Labute approximate surface area is 102 Å². The van der Waals surface area contributed by atoms with Gasteiger partial charge in [-0.05, 0) is 62.5 Å². The van der Waals surface area contributed by atoms with Gasteiger partial charge in [0, 0.05) is 6.04 Å². The van der Waals surface area contributed by atoms with E-state index < -0.39 is 0 Å². The molecule has 0 aliphatic rings. The van der Waals surface area contributed by atoms with Gasteiger partial charge in [-0.15, -0.1) is 0 Å². The number of nitriles is 1. The number of thiophene rings is 1. The first-order chi connectivity index (χ1) is 7.53. The smallest absolute Gasteiger partial charge is 0.0684 e. The third-order valence-corrected chi connectivity index (χ3v) is 3.40. The van der Waals surface area contributed by atoms with Gasteiger partial charge in [0.1, 0.15) is 0 Å². The molecule has 3 heteroatoms. The summed E-state index contributed by atoms with van der Waals surface area (Å²) < 4.78 is 0. The predicted molar refractivity (Wildman–Crippen MR) is 69.5 cm³/mol. The van der Waals surface area contributed by atoms with Gasteiger partial charge in [-0.2, -0.15) is 16.6 Å². The van der Waals surface area contributed by atoms with Crippen molar-refractivity contribution in [1.29, 1.82) is 5.26 Å². The van der Waals surface area contributed by atoms with Crippen LogP contribution in [0.1, 0.15) is 32.8 Å². The number of hydrogen-bond acceptors (Lipinski definition) is 3. The van der Waals surface area contributed by atoms with Crippen LogP contribution in [0.15, 0.2) is 16.8 Å². The second-order valence-corrected chi connectivity index (χ2v) is 5.72. The van der Waals surface area contributed by atoms with Crippen molar-refractivity contribution in [3.63, 3.8) is 0 Å². The lowest BCUT2D eigenvalue weighted by molar-refractivity contribution is 0.413. The fourth-order valence-corrected chi connectivity index (χ4v) is 2.20. The lowest BCUT2D eigenvalue weighted by Gasteiger charge is -2.18. The van der Waals surface area contributed by atoms with E-state index in [0.29, 0.717) is 6.04 Å². The maximum Gasteiger partial charge on any atom is 0.0684 e. The third kappa shape index (κ3) is 4.78. The van der Waals surface area contributed by atoms with E-state index in [1.807, 2.05) is 13.8 Å². The zero-order valence-corrected chi connectivity index (χ0v) is 11.1. The minimum atomic E-state index is -0.213. The van der Waals surface area contributed by atoms with E-state index in [-0.39, 0.29) is 5.41 Å². The van der Waals surface area contributed by atoms with Crippen molar-refractivity contribution in [3.8, 4) is 6.07 Å². The Morgan fingerprint density at radius 1 is 1.56 bits per heavy atom. The Morgan fingerprint density at radius 3 is 2.88 bits per heavy atom. The van der Waals surface area contributed by atoms with Crippen molar-refractivity contribution < 1.29 is 0 Å². The third-order valence-electron chi connectivity index (χ3n) is 2.67. The fourth-order valence-electron chi connectivity index (χ4n) is 1.52. The minimum Gasteiger partial charge on any atom is -0.314 e. The average Bonchev–Trinajstić information content (AvgIpc) is 2.70. The maximum absolute atomic E-state index is 8.89. The summed E-state index contributed by atoms with van der Waals surface area (Å²) in [7, 11) is 0. The van der Waals surface area contributed by atoms with E-state index in [4.69, 9.17) is 5.26 Å². The number of hydrogen-bond donors (Lipinski definition) is 1. The molecular weight excluding hydrogens is 216 g/mol. The second kappa shape index (κ2) is 6.03. The molecule has 0 saturated heterocycles. The van der Waals surface area contributed by atoms with Crippen molar-refractivity contribution >= 4 is 11.3 Å². The van der Waals surface area contributed by atoms with Crippen LogP contribution < -0.4 is 5.32 Å². The molecule has 1 rings (SSSR count). The van der Waals surface area contributed by atoms with E-state index in [0.717, 1.165) is 19.4 Å². The quantitative estimate of drug-likeness (QED) is 0.823. The first kappa shape index (κ1) is 13.2. The summed E-state index contributed by atoms with van der Waals surface area (Å²) in [6.45, 7) is 7.07. The molecule has 0 bridgehead atoms. The van der Waals surface area contributed by atoms with Gasteiger partial charge < -0.3 is 5.32 Å². The van der Waals surface area contributed by atoms with Crippen LogP contribution >= 0.6 is 11.3 Å². The molecule has 0 aliphatic carbocycles. The Hall–Kier alpha value is -0.850. The highest BCUT2D eigenvalue weighted by atomic mass is 32.1. The lowest BCUT2D eigenvalue weighted by Crippen LogP contribution is -2.31. The first-order valence-electron chi connectivity index (χ1n) is 5.69. The second-order valence-electron chi connectivity index (χ2n) is 4.94. The Kier molecular flexibility index (Phi) is 4.98. The predicted octanol–water partition coefficient (Wildman–Crippen LogP) is 3.21. The van der Waals surface area contributed by atoms with Crippen LogP contribution in [-0.4, -0.2) is 12.6 Å². The van der Waals surface area contributed by atoms with Crippen molar-refractivity contribution in [1.82, 2.24) is 5.32 Å². The summed E-state index contributed by atoms with van der Waals surface area (Å²) in [5, 5.41) is 16.7. The molecule has 2 nitrogen and oxygen atoms in total. The molecule has 0 amide bonds. The molecule has 0 fully saturated rings. The van der Waals surface area contributed by atoms with Gasteiger partial charge in [0.2, 0.25) is 0 Å². The monoisotopic (exact) mass is 236 g/mol. The van der Waals surface area contributed by atoms with Gasteiger partial charge in [0.15, 0.2) is 0 Å². The van der Waals surface area contributed by atoms with Crippen LogP contribution in [0.4, 0.5) is 0 Å². The molecule has 0 aromatic carbocycles. The Bertz CT molecular complexity index is 335. The summed E-state index contributed by atoms with van der Waals surface area (Å²) in [5.41, 5.74) is 1.18. The molecule has 88 valence electrons. The molecule has 1 atom stereocenters. The van der Waals surface area contributed by atoms with Crippen molar-refractivity contribution in [2.24, 2.45) is 5.41 Å². The summed E-state index contributed by atoms with van der Waals surface area (Å²) >= 11 is 1.74. The Morgan fingerprint density at radius 2 is 2.31 bits per heavy atom. The standard InChI is InChI=1S/C13H20N2S/c1-11(8-12-4-7-16-9-12)15-6-5-13(2,3)10-14/h4,7,9,11,15H,5-6,8H2,1-3H3. The van der Waals surface area contributed by atoms with Gasteiger partial charge in [-0.3, -0.25) is 0 Å². The molecule has 16 heavy (non-hydrogen) atoms. The largest absolute Gasteiger partial charge is 0.314 e. The fraction of sp³-hybridized carbons (Fsp3) is 0.615. The number of nitrogens with zero attached hydrogens (tertiary/aromatic N) is 1. The summed E-state index contributed by atoms with van der Waals surface area (Å²) in [6.07, 6.45) is 1.97. The zero-order valence-electron chi connectivity index (χ0n) is 10.3. The molecule has 0 radical (unpaired) electrons. The highest BCUT2D eigenvalue weighted by Gasteiger charge is 2.16. The van der Waals surface area contributed by atoms with Crippen LogP contribution in [0.5, 0.6) is 0 Å². The Balaban J connectivity index is 2.21. The van der Waals surface area contributed by atoms with Gasteiger partial charge >= 0.3 is 0 Å². The minimum absolute atomic E-state index is 0.213. The normalized spacial score (nSPS) is 13.4. The first-order valence-corrected chi connectivity index (χ1v) is 6.63. The van der Waals surface area contributed by atoms with Crippen LogP contribution in [0.25, 0.3) is 0 Å². The number of rotatable bonds is 6. The van der Waals surface area contributed by atoms with E-state index in [2.05, 4.69) is 35.1 Å². The average molecular weight is 236 g/mol. The molecule has 1 unspecified atom stereocenters. The summed E-state index contributed by atoms with van der Waals surface area (Å²) in [4.78, 5) is 0. The summed E-state index contributed by atoms with van der Waals surface area (Å²) in [5.74, 6) is 0. The van der Waals surface area contributed by atoms with E-state index in [1.165, 1.54) is 5.56 Å². The molecule has 1 aromatic rings. The molecule has 1 N–H and O–H groups in total. The van der Waals surface area contributed by atoms with Gasteiger partial charge in [0.05, 0.1) is 11.5 Å². The number of nitrogens with one attached hydrogen (secondary N) is 1. The summed E-state index contributed by atoms with van der Waals surface area (Å²) in [6, 6.07) is 4.97. The SMILES string of the molecule is CC(Cc1ccsc1)NCCC(C)(C)C#N. The van der Waals surface area contributed by atoms with Crippen molar-refractivity contribution in [2.75, 3.05) is 6.54 Å². The van der Waals surface area contributed by atoms with Gasteiger partial charge in [-0.25, -0.2) is 0 Å². The van der Waals surface area contributed by atoms with Gasteiger partial charge in [-0.1, -0.05) is 0 Å². The molecule has 0 aliphatic heterocycles. The van der Waals surface area contributed by atoms with E-state index >= 15 is 0 Å².